The van der Waals surface area contributed by atoms with E-state index in [4.69, 9.17) is 9.26 Å². The molecule has 0 aliphatic carbocycles. The molecule has 1 N–H and O–H groups in total. The van der Waals surface area contributed by atoms with Crippen LogP contribution in [0.1, 0.15) is 5.69 Å². The lowest BCUT2D eigenvalue weighted by Gasteiger charge is -2.35. The van der Waals surface area contributed by atoms with E-state index in [1.807, 2.05) is 35.2 Å². The van der Waals surface area contributed by atoms with Crippen molar-refractivity contribution in [1.29, 1.82) is 0 Å². The first kappa shape index (κ1) is 20.2. The third-order valence-corrected chi connectivity index (χ3v) is 6.17. The van der Waals surface area contributed by atoms with E-state index in [2.05, 4.69) is 15.5 Å². The number of sulfonamides is 1. The van der Waals surface area contributed by atoms with Gasteiger partial charge in [0.25, 0.3) is 0 Å². The lowest BCUT2D eigenvalue weighted by molar-refractivity contribution is 0.257. The maximum Gasteiger partial charge on any atom is 0.220 e. The van der Waals surface area contributed by atoms with Crippen molar-refractivity contribution >= 4 is 16.0 Å². The summed E-state index contributed by atoms with van der Waals surface area (Å²) in [5, 5.41) is 6.94. The summed E-state index contributed by atoms with van der Waals surface area (Å²) >= 11 is 0. The van der Waals surface area contributed by atoms with Crippen LogP contribution in [0.2, 0.25) is 0 Å². The molecule has 1 aromatic carbocycles. The minimum Gasteiger partial charge on any atom is -0.492 e. The highest BCUT2D eigenvalue weighted by molar-refractivity contribution is 7.88. The molecule has 0 spiro atoms. The van der Waals surface area contributed by atoms with Gasteiger partial charge in [-0.2, -0.15) is 4.31 Å². The Kier molecular flexibility index (Phi) is 6.88. The van der Waals surface area contributed by atoms with E-state index < -0.39 is 10.0 Å². The summed E-state index contributed by atoms with van der Waals surface area (Å²) in [5.74, 6) is 1.42. The molecule has 2 aromatic rings. The van der Waals surface area contributed by atoms with Gasteiger partial charge in [-0.3, -0.25) is 4.99 Å². The van der Waals surface area contributed by atoms with Gasteiger partial charge in [-0.1, -0.05) is 23.4 Å². The van der Waals surface area contributed by atoms with Gasteiger partial charge in [0.2, 0.25) is 10.0 Å². The fraction of sp³-hybridized carbons (Fsp3) is 0.444. The maximum absolute atomic E-state index is 12.5. The van der Waals surface area contributed by atoms with Crippen molar-refractivity contribution in [1.82, 2.24) is 19.7 Å². The summed E-state index contributed by atoms with van der Waals surface area (Å²) in [7, 11) is -1.69. The van der Waals surface area contributed by atoms with E-state index in [0.717, 1.165) is 11.7 Å². The van der Waals surface area contributed by atoms with E-state index >= 15 is 0 Å². The first-order valence-electron chi connectivity index (χ1n) is 9.09. The standard InChI is InChI=1S/C18H25N5O4S/c1-19-18(20-8-14-26-17-5-3-2-4-6-17)22-9-11-23(12-10-22)28(24,25)15-16-7-13-27-21-16/h2-7,13H,8-12,14-15H2,1H3,(H,19,20). The van der Waals surface area contributed by atoms with Crippen molar-refractivity contribution in [2.75, 3.05) is 46.4 Å². The number of rotatable bonds is 7. The van der Waals surface area contributed by atoms with Gasteiger partial charge in [-0.05, 0) is 12.1 Å². The Morgan fingerprint density at radius 2 is 1.96 bits per heavy atom. The number of nitrogens with one attached hydrogen (secondary N) is 1. The molecule has 1 aliphatic heterocycles. The molecule has 1 saturated heterocycles. The summed E-state index contributed by atoms with van der Waals surface area (Å²) in [6.07, 6.45) is 1.37. The number of guanidine groups is 1. The maximum atomic E-state index is 12.5. The number of nitrogens with zero attached hydrogens (tertiary/aromatic N) is 4. The molecule has 1 aromatic heterocycles. The van der Waals surface area contributed by atoms with E-state index in [1.54, 1.807) is 13.1 Å². The molecule has 10 heteroatoms. The van der Waals surface area contributed by atoms with Crippen molar-refractivity contribution in [3.05, 3.63) is 48.4 Å². The minimum atomic E-state index is -3.41. The van der Waals surface area contributed by atoms with E-state index in [-0.39, 0.29) is 5.75 Å². The number of ether oxygens (including phenoxy) is 1. The zero-order valence-corrected chi connectivity index (χ0v) is 16.6. The van der Waals surface area contributed by atoms with Crippen LogP contribution in [-0.2, 0) is 15.8 Å². The van der Waals surface area contributed by atoms with Crippen LogP contribution in [0.5, 0.6) is 5.75 Å². The van der Waals surface area contributed by atoms with E-state index in [9.17, 15) is 8.42 Å². The fourth-order valence-corrected chi connectivity index (χ4v) is 4.37. The topological polar surface area (TPSA) is 100 Å². The number of aliphatic imine (C=N–C) groups is 1. The minimum absolute atomic E-state index is 0.146. The smallest absolute Gasteiger partial charge is 0.220 e. The lowest BCUT2D eigenvalue weighted by Crippen LogP contribution is -2.54. The van der Waals surface area contributed by atoms with Gasteiger partial charge in [0.05, 0.1) is 12.2 Å². The van der Waals surface area contributed by atoms with Crippen LogP contribution >= 0.6 is 0 Å². The average molecular weight is 407 g/mol. The predicted molar refractivity (Wildman–Crippen MR) is 106 cm³/mol. The first-order chi connectivity index (χ1) is 13.6. The third-order valence-electron chi connectivity index (χ3n) is 4.36. The molecule has 28 heavy (non-hydrogen) atoms. The Balaban J connectivity index is 1.43. The van der Waals surface area contributed by atoms with Gasteiger partial charge in [0.15, 0.2) is 5.96 Å². The second-order valence-corrected chi connectivity index (χ2v) is 8.24. The van der Waals surface area contributed by atoms with Crippen molar-refractivity contribution in [2.24, 2.45) is 4.99 Å². The van der Waals surface area contributed by atoms with Crippen LogP contribution < -0.4 is 10.1 Å². The van der Waals surface area contributed by atoms with Crippen molar-refractivity contribution < 1.29 is 17.7 Å². The van der Waals surface area contributed by atoms with Gasteiger partial charge >= 0.3 is 0 Å². The van der Waals surface area contributed by atoms with Gasteiger partial charge in [0, 0.05) is 39.3 Å². The number of para-hydroxylation sites is 1. The summed E-state index contributed by atoms with van der Waals surface area (Å²) < 4.78 is 36.9. The predicted octanol–water partition coefficient (Wildman–Crippen LogP) is 0.776. The summed E-state index contributed by atoms with van der Waals surface area (Å²) in [6, 6.07) is 11.2. The Bertz CT molecular complexity index is 847. The first-order valence-corrected chi connectivity index (χ1v) is 10.7. The number of hydrogen-bond acceptors (Lipinski definition) is 6. The van der Waals surface area contributed by atoms with Crippen molar-refractivity contribution in [3.8, 4) is 5.75 Å². The zero-order valence-electron chi connectivity index (χ0n) is 15.8. The monoisotopic (exact) mass is 407 g/mol. The van der Waals surface area contributed by atoms with Crippen LogP contribution in [0.4, 0.5) is 0 Å². The average Bonchev–Trinajstić information content (AvgIpc) is 3.21. The number of aromatic nitrogens is 1. The molecule has 0 bridgehead atoms. The van der Waals surface area contributed by atoms with Crippen LogP contribution in [0, 0.1) is 0 Å². The second-order valence-electron chi connectivity index (χ2n) is 6.27. The lowest BCUT2D eigenvalue weighted by atomic mass is 10.3. The molecular weight excluding hydrogens is 382 g/mol. The van der Waals surface area contributed by atoms with Gasteiger partial charge < -0.3 is 19.5 Å². The highest BCUT2D eigenvalue weighted by Crippen LogP contribution is 2.13. The highest BCUT2D eigenvalue weighted by atomic mass is 32.2. The molecule has 3 rings (SSSR count). The Morgan fingerprint density at radius 1 is 1.21 bits per heavy atom. The van der Waals surface area contributed by atoms with Crippen LogP contribution in [0.15, 0.2) is 52.2 Å². The molecule has 2 heterocycles. The van der Waals surface area contributed by atoms with E-state index in [0.29, 0.717) is 45.0 Å². The van der Waals surface area contributed by atoms with Crippen LogP contribution in [-0.4, -0.2) is 75.1 Å². The van der Waals surface area contributed by atoms with Gasteiger partial charge in [0.1, 0.15) is 24.4 Å². The quantitative estimate of drug-likeness (QED) is 0.411. The molecule has 1 aliphatic rings. The Hall–Kier alpha value is -2.59. The zero-order chi connectivity index (χ0) is 19.8. The molecular formula is C18H25N5O4S. The van der Waals surface area contributed by atoms with Crippen LogP contribution in [0.25, 0.3) is 0 Å². The number of hydrogen-bond donors (Lipinski definition) is 1. The summed E-state index contributed by atoms with van der Waals surface area (Å²) in [6.45, 7) is 3.05. The third kappa shape index (κ3) is 5.46. The molecule has 0 unspecified atom stereocenters. The molecule has 0 atom stereocenters. The number of benzene rings is 1. The number of piperazine rings is 1. The van der Waals surface area contributed by atoms with Gasteiger partial charge in [-0.25, -0.2) is 8.42 Å². The molecule has 0 amide bonds. The fourth-order valence-electron chi connectivity index (χ4n) is 2.95. The molecule has 1 fully saturated rings. The van der Waals surface area contributed by atoms with E-state index in [1.165, 1.54) is 10.6 Å². The van der Waals surface area contributed by atoms with Gasteiger partial charge in [-0.15, -0.1) is 0 Å². The largest absolute Gasteiger partial charge is 0.492 e. The van der Waals surface area contributed by atoms with Crippen molar-refractivity contribution in [2.45, 2.75) is 5.75 Å². The SMILES string of the molecule is CN=C(NCCOc1ccccc1)N1CCN(S(=O)(=O)Cc2ccon2)CC1. The highest BCUT2D eigenvalue weighted by Gasteiger charge is 2.28. The Labute approximate surface area is 165 Å². The van der Waals surface area contributed by atoms with Crippen molar-refractivity contribution in [3.63, 3.8) is 0 Å². The molecule has 0 radical (unpaired) electrons. The second kappa shape index (κ2) is 9.56. The molecule has 152 valence electrons. The normalized spacial score (nSPS) is 16.2. The molecule has 0 saturated carbocycles. The molecule has 9 nitrogen and oxygen atoms in total. The summed E-state index contributed by atoms with van der Waals surface area (Å²) in [5.41, 5.74) is 0.415. The van der Waals surface area contributed by atoms with Crippen LogP contribution in [0.3, 0.4) is 0 Å². The summed E-state index contributed by atoms with van der Waals surface area (Å²) in [4.78, 5) is 6.34. The Morgan fingerprint density at radius 3 is 2.61 bits per heavy atom.